The Kier molecular flexibility index (Phi) is 5.92. The molecule has 0 N–H and O–H groups in total. The molecule has 1 fully saturated rings. The summed E-state index contributed by atoms with van der Waals surface area (Å²) in [7, 11) is -3.37. The van der Waals surface area contributed by atoms with E-state index in [4.69, 9.17) is 0 Å². The summed E-state index contributed by atoms with van der Waals surface area (Å²) >= 11 is 0. The summed E-state index contributed by atoms with van der Waals surface area (Å²) < 4.78 is 48.9. The van der Waals surface area contributed by atoms with Crippen LogP contribution in [-0.4, -0.2) is 68.5 Å². The molecule has 5 nitrogen and oxygen atoms in total. The fourth-order valence-electron chi connectivity index (χ4n) is 2.57. The largest absolute Gasteiger partial charge is 0.336 e. The summed E-state index contributed by atoms with van der Waals surface area (Å²) in [6, 6.07) is 5.89. The Balaban J connectivity index is 2.01. The predicted molar refractivity (Wildman–Crippen MR) is 87.1 cm³/mol. The van der Waals surface area contributed by atoms with Crippen LogP contribution in [0.15, 0.2) is 29.2 Å². The maximum atomic E-state index is 12.4. The van der Waals surface area contributed by atoms with Crippen molar-refractivity contribution in [3.05, 3.63) is 29.8 Å². The Morgan fingerprint density at radius 3 is 2.08 bits per heavy atom. The van der Waals surface area contributed by atoms with Gasteiger partial charge in [-0.25, -0.2) is 17.2 Å². The first-order chi connectivity index (χ1) is 11.2. The molecule has 0 radical (unpaired) electrons. The van der Waals surface area contributed by atoms with Crippen LogP contribution in [0.4, 0.5) is 8.78 Å². The summed E-state index contributed by atoms with van der Waals surface area (Å²) in [6.45, 7) is 4.53. The first kappa shape index (κ1) is 18.8. The number of nitrogens with zero attached hydrogens (tertiary/aromatic N) is 2. The maximum absolute atomic E-state index is 12.4. The molecule has 1 aliphatic heterocycles. The van der Waals surface area contributed by atoms with Crippen LogP contribution in [0.1, 0.15) is 24.2 Å². The third kappa shape index (κ3) is 4.30. The lowest BCUT2D eigenvalue weighted by molar-refractivity contribution is 0.0459. The minimum absolute atomic E-state index is 0.191. The van der Waals surface area contributed by atoms with Gasteiger partial charge in [0.25, 0.3) is 12.3 Å². The first-order valence-corrected chi connectivity index (χ1v) is 9.40. The van der Waals surface area contributed by atoms with E-state index in [9.17, 15) is 22.0 Å². The van der Waals surface area contributed by atoms with Crippen LogP contribution >= 0.6 is 0 Å². The molecule has 1 heterocycles. The van der Waals surface area contributed by atoms with Crippen molar-refractivity contribution in [2.45, 2.75) is 30.4 Å². The highest BCUT2D eigenvalue weighted by molar-refractivity contribution is 7.92. The third-order valence-electron chi connectivity index (χ3n) is 4.11. The van der Waals surface area contributed by atoms with Gasteiger partial charge in [-0.15, -0.1) is 0 Å². The number of hydrogen-bond donors (Lipinski definition) is 0. The van der Waals surface area contributed by atoms with Gasteiger partial charge in [-0.1, -0.05) is 0 Å². The topological polar surface area (TPSA) is 57.7 Å². The van der Waals surface area contributed by atoms with Crippen molar-refractivity contribution < 1.29 is 22.0 Å². The fourth-order valence-corrected chi connectivity index (χ4v) is 3.63. The van der Waals surface area contributed by atoms with Gasteiger partial charge in [0.05, 0.1) is 16.7 Å². The molecule has 1 saturated heterocycles. The summed E-state index contributed by atoms with van der Waals surface area (Å²) in [6.07, 6.45) is -2.37. The Morgan fingerprint density at radius 2 is 1.62 bits per heavy atom. The summed E-state index contributed by atoms with van der Waals surface area (Å²) in [4.78, 5) is 15.9. The smallest absolute Gasteiger partial charge is 0.253 e. The van der Waals surface area contributed by atoms with Crippen molar-refractivity contribution in [3.8, 4) is 0 Å². The number of amides is 1. The summed E-state index contributed by atoms with van der Waals surface area (Å²) in [5.41, 5.74) is 0.403. The van der Waals surface area contributed by atoms with E-state index in [0.717, 1.165) is 0 Å². The number of rotatable bonds is 5. The second kappa shape index (κ2) is 7.57. The molecule has 0 saturated carbocycles. The van der Waals surface area contributed by atoms with E-state index < -0.39 is 21.5 Å². The number of piperazine rings is 1. The van der Waals surface area contributed by atoms with Crippen molar-refractivity contribution in [2.75, 3.05) is 32.7 Å². The molecule has 24 heavy (non-hydrogen) atoms. The molecule has 0 atom stereocenters. The lowest BCUT2D eigenvalue weighted by Crippen LogP contribution is -2.49. The monoisotopic (exact) mass is 360 g/mol. The normalized spacial score (nSPS) is 16.8. The third-order valence-corrected chi connectivity index (χ3v) is 6.28. The van der Waals surface area contributed by atoms with E-state index in [1.165, 1.54) is 24.3 Å². The molecule has 8 heteroatoms. The quantitative estimate of drug-likeness (QED) is 0.805. The van der Waals surface area contributed by atoms with Crippen molar-refractivity contribution in [2.24, 2.45) is 0 Å². The first-order valence-electron chi connectivity index (χ1n) is 7.85. The van der Waals surface area contributed by atoms with Crippen molar-refractivity contribution in [1.29, 1.82) is 0 Å². The zero-order chi connectivity index (χ0) is 17.9. The van der Waals surface area contributed by atoms with Crippen LogP contribution in [0.2, 0.25) is 0 Å². The number of carbonyl (C=O) groups excluding carboxylic acids is 1. The number of sulfone groups is 1. The van der Waals surface area contributed by atoms with Gasteiger partial charge in [0.1, 0.15) is 0 Å². The molecular formula is C16H22F2N2O3S. The van der Waals surface area contributed by atoms with Crippen molar-refractivity contribution in [1.82, 2.24) is 9.80 Å². The highest BCUT2D eigenvalue weighted by atomic mass is 32.2. The molecule has 1 aliphatic rings. The molecule has 0 aliphatic carbocycles. The second-order valence-electron chi connectivity index (χ2n) is 6.10. The molecule has 1 amide bonds. The molecule has 1 aromatic carbocycles. The highest BCUT2D eigenvalue weighted by Gasteiger charge is 2.24. The molecule has 0 spiro atoms. The van der Waals surface area contributed by atoms with Crippen molar-refractivity contribution >= 4 is 15.7 Å². The van der Waals surface area contributed by atoms with Crippen LogP contribution < -0.4 is 0 Å². The zero-order valence-electron chi connectivity index (χ0n) is 13.8. The van der Waals surface area contributed by atoms with Crippen LogP contribution in [-0.2, 0) is 9.84 Å². The fraction of sp³-hybridized carbons (Fsp3) is 0.562. The number of hydrogen-bond acceptors (Lipinski definition) is 4. The van der Waals surface area contributed by atoms with Crippen LogP contribution in [0.3, 0.4) is 0 Å². The Morgan fingerprint density at radius 1 is 1.08 bits per heavy atom. The molecular weight excluding hydrogens is 338 g/mol. The Hall–Kier alpha value is -1.54. The van der Waals surface area contributed by atoms with E-state index in [2.05, 4.69) is 0 Å². The number of halogens is 2. The predicted octanol–water partition coefficient (Wildman–Crippen LogP) is 1.89. The van der Waals surface area contributed by atoms with Gasteiger partial charge in [-0.3, -0.25) is 9.69 Å². The van der Waals surface area contributed by atoms with E-state index in [-0.39, 0.29) is 17.3 Å². The van der Waals surface area contributed by atoms with Gasteiger partial charge in [-0.2, -0.15) is 0 Å². The summed E-state index contributed by atoms with van der Waals surface area (Å²) in [5.74, 6) is -0.208. The second-order valence-corrected chi connectivity index (χ2v) is 8.61. The molecule has 0 bridgehead atoms. The maximum Gasteiger partial charge on any atom is 0.253 e. The molecule has 2 rings (SSSR count). The van der Waals surface area contributed by atoms with Gasteiger partial charge in [0.2, 0.25) is 0 Å². The van der Waals surface area contributed by atoms with E-state index in [0.29, 0.717) is 31.7 Å². The van der Waals surface area contributed by atoms with E-state index in [1.54, 1.807) is 23.6 Å². The average molecular weight is 360 g/mol. The molecule has 134 valence electrons. The van der Waals surface area contributed by atoms with E-state index >= 15 is 0 Å². The van der Waals surface area contributed by atoms with Crippen LogP contribution in [0.5, 0.6) is 0 Å². The van der Waals surface area contributed by atoms with Gasteiger partial charge in [0.15, 0.2) is 9.84 Å². The minimum atomic E-state index is -3.37. The lowest BCUT2D eigenvalue weighted by atomic mass is 10.2. The van der Waals surface area contributed by atoms with Gasteiger partial charge in [-0.05, 0) is 38.1 Å². The van der Waals surface area contributed by atoms with Gasteiger partial charge < -0.3 is 4.90 Å². The number of carbonyl (C=O) groups is 1. The standard InChI is InChI=1S/C16H22F2N2O3S/c1-12(2)24(22,23)14-5-3-13(4-6-14)16(21)20-9-7-19(8-10-20)11-15(17)18/h3-6,12,15H,7-11H2,1-2H3. The average Bonchev–Trinajstić information content (AvgIpc) is 2.54. The summed E-state index contributed by atoms with van der Waals surface area (Å²) in [5, 5.41) is -0.526. The molecule has 0 unspecified atom stereocenters. The van der Waals surface area contributed by atoms with E-state index in [1.807, 2.05) is 0 Å². The highest BCUT2D eigenvalue weighted by Crippen LogP contribution is 2.18. The Labute approximate surface area is 141 Å². The zero-order valence-corrected chi connectivity index (χ0v) is 14.6. The number of benzene rings is 1. The SMILES string of the molecule is CC(C)S(=O)(=O)c1ccc(C(=O)N2CCN(CC(F)F)CC2)cc1. The van der Waals surface area contributed by atoms with Gasteiger partial charge >= 0.3 is 0 Å². The molecule has 0 aromatic heterocycles. The van der Waals surface area contributed by atoms with Crippen molar-refractivity contribution in [3.63, 3.8) is 0 Å². The Bertz CT molecular complexity index is 667. The van der Waals surface area contributed by atoms with Crippen LogP contribution in [0, 0.1) is 0 Å². The van der Waals surface area contributed by atoms with Crippen LogP contribution in [0.25, 0.3) is 0 Å². The lowest BCUT2D eigenvalue weighted by Gasteiger charge is -2.34. The molecule has 1 aromatic rings. The minimum Gasteiger partial charge on any atom is -0.336 e. The number of alkyl halides is 2. The van der Waals surface area contributed by atoms with Gasteiger partial charge in [0, 0.05) is 31.7 Å².